The fraction of sp³-hybridized carbons (Fsp3) is 0.0833. The zero-order chi connectivity index (χ0) is 11.2. The van der Waals surface area contributed by atoms with E-state index in [-0.39, 0.29) is 0 Å². The number of hydrogen-bond donors (Lipinski definition) is 1. The van der Waals surface area contributed by atoms with Crippen molar-refractivity contribution >= 4 is 5.69 Å². The van der Waals surface area contributed by atoms with Crippen LogP contribution in [0.1, 0.15) is 11.4 Å². The first-order valence-corrected chi connectivity index (χ1v) is 4.89. The molecule has 0 aliphatic heterocycles. The van der Waals surface area contributed by atoms with Crippen LogP contribution in [0.25, 0.3) is 0 Å². The van der Waals surface area contributed by atoms with E-state index in [2.05, 4.69) is 15.3 Å². The van der Waals surface area contributed by atoms with Crippen molar-refractivity contribution in [3.63, 3.8) is 0 Å². The Balaban J connectivity index is 2.09. The van der Waals surface area contributed by atoms with E-state index in [9.17, 15) is 0 Å². The Morgan fingerprint density at radius 2 is 2.00 bits per heavy atom. The summed E-state index contributed by atoms with van der Waals surface area (Å²) in [6, 6.07) is 11.4. The van der Waals surface area contributed by atoms with Gasteiger partial charge in [0.05, 0.1) is 17.9 Å². The SMILES string of the molecule is N#Cc1ncccc1NCc1ccccn1. The van der Waals surface area contributed by atoms with E-state index in [0.717, 1.165) is 11.4 Å². The van der Waals surface area contributed by atoms with Crippen LogP contribution in [-0.4, -0.2) is 9.97 Å². The van der Waals surface area contributed by atoms with Crippen LogP contribution in [0.3, 0.4) is 0 Å². The highest BCUT2D eigenvalue weighted by Gasteiger charge is 2.01. The van der Waals surface area contributed by atoms with Crippen molar-refractivity contribution in [3.05, 3.63) is 54.1 Å². The first-order chi connectivity index (χ1) is 7.90. The van der Waals surface area contributed by atoms with Crippen molar-refractivity contribution in [2.75, 3.05) is 5.32 Å². The molecule has 0 aliphatic rings. The minimum absolute atomic E-state index is 0.401. The molecule has 0 bridgehead atoms. The summed E-state index contributed by atoms with van der Waals surface area (Å²) in [4.78, 5) is 8.15. The van der Waals surface area contributed by atoms with Gasteiger partial charge < -0.3 is 5.32 Å². The lowest BCUT2D eigenvalue weighted by atomic mass is 10.3. The van der Waals surface area contributed by atoms with Crippen molar-refractivity contribution < 1.29 is 0 Å². The molecule has 4 nitrogen and oxygen atoms in total. The lowest BCUT2D eigenvalue weighted by Crippen LogP contribution is -2.03. The van der Waals surface area contributed by atoms with Crippen LogP contribution >= 0.6 is 0 Å². The van der Waals surface area contributed by atoms with E-state index < -0.39 is 0 Å². The predicted octanol–water partition coefficient (Wildman–Crippen LogP) is 1.96. The summed E-state index contributed by atoms with van der Waals surface area (Å²) in [6.45, 7) is 0.585. The Hall–Kier alpha value is -2.41. The Kier molecular flexibility index (Phi) is 3.10. The van der Waals surface area contributed by atoms with Crippen molar-refractivity contribution in [1.29, 1.82) is 5.26 Å². The number of anilines is 1. The molecule has 0 unspecified atom stereocenters. The highest BCUT2D eigenvalue weighted by atomic mass is 14.9. The maximum atomic E-state index is 8.85. The van der Waals surface area contributed by atoms with E-state index >= 15 is 0 Å². The molecule has 78 valence electrons. The molecule has 0 fully saturated rings. The molecular formula is C12H10N4. The molecule has 0 spiro atoms. The van der Waals surface area contributed by atoms with Gasteiger partial charge in [-0.2, -0.15) is 5.26 Å². The zero-order valence-electron chi connectivity index (χ0n) is 8.59. The van der Waals surface area contributed by atoms with E-state index in [1.165, 1.54) is 0 Å². The summed E-state index contributed by atoms with van der Waals surface area (Å²) < 4.78 is 0. The van der Waals surface area contributed by atoms with Gasteiger partial charge in [0.15, 0.2) is 5.69 Å². The second kappa shape index (κ2) is 4.89. The van der Waals surface area contributed by atoms with Gasteiger partial charge >= 0.3 is 0 Å². The number of aromatic nitrogens is 2. The zero-order valence-corrected chi connectivity index (χ0v) is 8.59. The largest absolute Gasteiger partial charge is 0.377 e. The van der Waals surface area contributed by atoms with Crippen LogP contribution in [0.4, 0.5) is 5.69 Å². The van der Waals surface area contributed by atoms with Crippen LogP contribution in [-0.2, 0) is 6.54 Å². The summed E-state index contributed by atoms with van der Waals surface area (Å²) in [6.07, 6.45) is 3.34. The lowest BCUT2D eigenvalue weighted by molar-refractivity contribution is 1.04. The van der Waals surface area contributed by atoms with Crippen molar-refractivity contribution in [2.45, 2.75) is 6.54 Å². The predicted molar refractivity (Wildman–Crippen MR) is 60.5 cm³/mol. The molecule has 0 aliphatic carbocycles. The molecule has 2 rings (SSSR count). The van der Waals surface area contributed by atoms with E-state index in [4.69, 9.17) is 5.26 Å². The van der Waals surface area contributed by atoms with Gasteiger partial charge in [0.2, 0.25) is 0 Å². The number of pyridine rings is 2. The van der Waals surface area contributed by atoms with Crippen LogP contribution in [0.5, 0.6) is 0 Å². The fourth-order valence-corrected chi connectivity index (χ4v) is 1.33. The van der Waals surface area contributed by atoms with Crippen LogP contribution in [0, 0.1) is 11.3 Å². The Morgan fingerprint density at radius 3 is 2.75 bits per heavy atom. The number of rotatable bonds is 3. The molecule has 0 saturated carbocycles. The molecule has 2 aromatic rings. The number of nitrogens with one attached hydrogen (secondary N) is 1. The van der Waals surface area contributed by atoms with Crippen LogP contribution in [0.15, 0.2) is 42.7 Å². The van der Waals surface area contributed by atoms with Crippen LogP contribution in [0.2, 0.25) is 0 Å². The molecule has 2 aromatic heterocycles. The van der Waals surface area contributed by atoms with E-state index in [1.807, 2.05) is 30.3 Å². The summed E-state index contributed by atoms with van der Waals surface area (Å²) in [5, 5.41) is 12.0. The molecule has 0 saturated heterocycles. The monoisotopic (exact) mass is 210 g/mol. The second-order valence-electron chi connectivity index (χ2n) is 3.19. The van der Waals surface area contributed by atoms with Crippen molar-refractivity contribution in [2.24, 2.45) is 0 Å². The number of hydrogen-bond acceptors (Lipinski definition) is 4. The van der Waals surface area contributed by atoms with Gasteiger partial charge in [-0.1, -0.05) is 6.07 Å². The maximum absolute atomic E-state index is 8.85. The maximum Gasteiger partial charge on any atom is 0.163 e. The van der Waals surface area contributed by atoms with Crippen LogP contribution < -0.4 is 5.32 Å². The Bertz CT molecular complexity index is 502. The van der Waals surface area contributed by atoms with E-state index in [1.54, 1.807) is 18.5 Å². The van der Waals surface area contributed by atoms with Crippen molar-refractivity contribution in [3.8, 4) is 6.07 Å². The van der Waals surface area contributed by atoms with E-state index in [0.29, 0.717) is 12.2 Å². The fourth-order valence-electron chi connectivity index (χ4n) is 1.33. The summed E-state index contributed by atoms with van der Waals surface area (Å²) in [5.74, 6) is 0. The standard InChI is InChI=1S/C12H10N4/c13-8-12-11(5-3-7-15-12)16-9-10-4-1-2-6-14-10/h1-7,16H,9H2. The molecule has 0 atom stereocenters. The third-order valence-corrected chi connectivity index (χ3v) is 2.10. The first kappa shape index (κ1) is 10.1. The third kappa shape index (κ3) is 2.34. The van der Waals surface area contributed by atoms with Gasteiger partial charge in [-0.05, 0) is 24.3 Å². The van der Waals surface area contributed by atoms with Gasteiger partial charge in [0, 0.05) is 12.4 Å². The Morgan fingerprint density at radius 1 is 1.12 bits per heavy atom. The molecular weight excluding hydrogens is 200 g/mol. The minimum Gasteiger partial charge on any atom is -0.377 e. The van der Waals surface area contributed by atoms with Gasteiger partial charge in [-0.25, -0.2) is 4.98 Å². The highest BCUT2D eigenvalue weighted by Crippen LogP contribution is 2.11. The van der Waals surface area contributed by atoms with Gasteiger partial charge in [0.1, 0.15) is 6.07 Å². The third-order valence-electron chi connectivity index (χ3n) is 2.10. The molecule has 0 radical (unpaired) electrons. The van der Waals surface area contributed by atoms with Gasteiger partial charge in [-0.3, -0.25) is 4.98 Å². The van der Waals surface area contributed by atoms with Gasteiger partial charge in [0.25, 0.3) is 0 Å². The summed E-state index contributed by atoms with van der Waals surface area (Å²) >= 11 is 0. The average molecular weight is 210 g/mol. The quantitative estimate of drug-likeness (QED) is 0.841. The summed E-state index contributed by atoms with van der Waals surface area (Å²) in [7, 11) is 0. The lowest BCUT2D eigenvalue weighted by Gasteiger charge is -2.06. The molecule has 16 heavy (non-hydrogen) atoms. The molecule has 0 aromatic carbocycles. The molecule has 2 heterocycles. The van der Waals surface area contributed by atoms with Gasteiger partial charge in [-0.15, -0.1) is 0 Å². The van der Waals surface area contributed by atoms with Crippen molar-refractivity contribution in [1.82, 2.24) is 9.97 Å². The number of nitrogens with zero attached hydrogens (tertiary/aromatic N) is 3. The normalized spacial score (nSPS) is 9.44. The number of nitriles is 1. The molecule has 0 amide bonds. The average Bonchev–Trinajstić information content (AvgIpc) is 2.38. The first-order valence-electron chi connectivity index (χ1n) is 4.89. The molecule has 4 heteroatoms. The molecule has 1 N–H and O–H groups in total. The summed E-state index contributed by atoms with van der Waals surface area (Å²) in [5.41, 5.74) is 2.06. The Labute approximate surface area is 93.6 Å². The minimum atomic E-state index is 0.401. The topological polar surface area (TPSA) is 61.6 Å². The second-order valence-corrected chi connectivity index (χ2v) is 3.19. The smallest absolute Gasteiger partial charge is 0.163 e. The highest BCUT2D eigenvalue weighted by molar-refractivity contribution is 5.53.